The van der Waals surface area contributed by atoms with Crippen molar-refractivity contribution in [2.75, 3.05) is 18.4 Å². The summed E-state index contributed by atoms with van der Waals surface area (Å²) in [7, 11) is 0. The summed E-state index contributed by atoms with van der Waals surface area (Å²) >= 11 is 0. The van der Waals surface area contributed by atoms with Crippen LogP contribution >= 0.6 is 0 Å². The molecule has 1 aromatic heterocycles. The van der Waals surface area contributed by atoms with Crippen LogP contribution in [0, 0.1) is 0 Å². The van der Waals surface area contributed by atoms with Gasteiger partial charge in [0.1, 0.15) is 0 Å². The lowest BCUT2D eigenvalue weighted by atomic mass is 9.99. The largest absolute Gasteiger partial charge is 0.324 e. The summed E-state index contributed by atoms with van der Waals surface area (Å²) in [5.41, 5.74) is 3.64. The second-order valence-corrected chi connectivity index (χ2v) is 6.03. The van der Waals surface area contributed by atoms with Crippen molar-refractivity contribution in [1.29, 1.82) is 0 Å². The topological polar surface area (TPSA) is 58.1 Å². The maximum absolute atomic E-state index is 12.5. The van der Waals surface area contributed by atoms with Gasteiger partial charge in [-0.2, -0.15) is 0 Å². The fourth-order valence-electron chi connectivity index (χ4n) is 3.19. The van der Waals surface area contributed by atoms with Gasteiger partial charge >= 0.3 is 6.03 Å². The quantitative estimate of drug-likeness (QED) is 0.784. The van der Waals surface area contributed by atoms with Crippen LogP contribution in [-0.2, 0) is 0 Å². The third-order valence-electron chi connectivity index (χ3n) is 4.47. The molecule has 24 heavy (non-hydrogen) atoms. The second-order valence-electron chi connectivity index (χ2n) is 6.03. The highest BCUT2D eigenvalue weighted by Crippen LogP contribution is 2.27. The lowest BCUT2D eigenvalue weighted by molar-refractivity contribution is 0.222. The summed E-state index contributed by atoms with van der Waals surface area (Å²) in [6, 6.07) is 15.9. The Kier molecular flexibility index (Phi) is 3.83. The van der Waals surface area contributed by atoms with Gasteiger partial charge in [0.05, 0.1) is 11.0 Å². The maximum atomic E-state index is 12.5. The van der Waals surface area contributed by atoms with Gasteiger partial charge in [0, 0.05) is 37.1 Å². The van der Waals surface area contributed by atoms with Crippen LogP contribution in [0.1, 0.15) is 17.9 Å². The van der Waals surface area contributed by atoms with Crippen molar-refractivity contribution in [3.05, 3.63) is 66.5 Å². The Balaban J connectivity index is 1.44. The van der Waals surface area contributed by atoms with E-state index in [1.165, 1.54) is 5.56 Å². The van der Waals surface area contributed by atoms with E-state index in [-0.39, 0.29) is 6.03 Å². The molecule has 1 aliphatic heterocycles. The molecule has 0 spiro atoms. The molecule has 3 aromatic rings. The Morgan fingerprint density at radius 3 is 2.67 bits per heavy atom. The molecular formula is C19H18N4O. The number of aromatic nitrogens is 2. The van der Waals surface area contributed by atoms with Crippen LogP contribution in [0.25, 0.3) is 11.0 Å². The first-order valence-corrected chi connectivity index (χ1v) is 8.11. The number of fused-ring (bicyclic) bond motifs is 1. The molecule has 2 amide bonds. The minimum atomic E-state index is -0.0586. The summed E-state index contributed by atoms with van der Waals surface area (Å²) in [5.74, 6) is 0.416. The Labute approximate surface area is 140 Å². The first-order valence-electron chi connectivity index (χ1n) is 8.11. The first kappa shape index (κ1) is 14.6. The smallest absolute Gasteiger partial charge is 0.321 e. The van der Waals surface area contributed by atoms with E-state index in [2.05, 4.69) is 27.4 Å². The van der Waals surface area contributed by atoms with Crippen molar-refractivity contribution in [3.8, 4) is 0 Å². The number of nitrogens with zero attached hydrogens (tertiary/aromatic N) is 3. The SMILES string of the molecule is O=C(Nc1ccc2nccnc2c1)N1CC[C@@H](c2ccccc2)C1. The summed E-state index contributed by atoms with van der Waals surface area (Å²) in [6.07, 6.45) is 4.31. The van der Waals surface area contributed by atoms with Gasteiger partial charge in [-0.3, -0.25) is 9.97 Å². The van der Waals surface area contributed by atoms with Gasteiger partial charge in [-0.1, -0.05) is 30.3 Å². The number of hydrogen-bond acceptors (Lipinski definition) is 3. The highest BCUT2D eigenvalue weighted by atomic mass is 16.2. The van der Waals surface area contributed by atoms with E-state index in [0.717, 1.165) is 36.2 Å². The molecule has 1 N–H and O–H groups in total. The van der Waals surface area contributed by atoms with Crippen molar-refractivity contribution in [2.45, 2.75) is 12.3 Å². The zero-order valence-electron chi connectivity index (χ0n) is 13.2. The molecule has 120 valence electrons. The number of nitrogens with one attached hydrogen (secondary N) is 1. The Hall–Kier alpha value is -2.95. The molecular weight excluding hydrogens is 300 g/mol. The minimum Gasteiger partial charge on any atom is -0.324 e. The third-order valence-corrected chi connectivity index (χ3v) is 4.47. The predicted octanol–water partition coefficient (Wildman–Crippen LogP) is 3.65. The van der Waals surface area contributed by atoms with E-state index >= 15 is 0 Å². The normalized spacial score (nSPS) is 17.2. The highest BCUT2D eigenvalue weighted by Gasteiger charge is 2.27. The molecule has 5 nitrogen and oxygen atoms in total. The molecule has 2 aromatic carbocycles. The van der Waals surface area contributed by atoms with Gasteiger partial charge in [-0.05, 0) is 30.2 Å². The standard InChI is InChI=1S/C19H18N4O/c24-19(22-16-6-7-17-18(12-16)21-10-9-20-17)23-11-8-15(13-23)14-4-2-1-3-5-14/h1-7,9-10,12,15H,8,11,13H2,(H,22,24)/t15-/m1/s1. The van der Waals surface area contributed by atoms with Crippen LogP contribution < -0.4 is 5.32 Å². The molecule has 4 rings (SSSR count). The van der Waals surface area contributed by atoms with Gasteiger partial charge in [0.15, 0.2) is 0 Å². The molecule has 0 bridgehead atoms. The van der Waals surface area contributed by atoms with E-state index in [4.69, 9.17) is 0 Å². The fraction of sp³-hybridized carbons (Fsp3) is 0.211. The number of benzene rings is 2. The maximum Gasteiger partial charge on any atom is 0.321 e. The van der Waals surface area contributed by atoms with Crippen molar-refractivity contribution in [3.63, 3.8) is 0 Å². The Bertz CT molecular complexity index is 865. The van der Waals surface area contributed by atoms with Crippen LogP contribution in [0.5, 0.6) is 0 Å². The number of rotatable bonds is 2. The molecule has 0 saturated carbocycles. The van der Waals surface area contributed by atoms with Crippen molar-refractivity contribution in [2.24, 2.45) is 0 Å². The molecule has 2 heterocycles. The number of likely N-dealkylation sites (tertiary alicyclic amines) is 1. The molecule has 1 saturated heterocycles. The van der Waals surface area contributed by atoms with Crippen LogP contribution in [-0.4, -0.2) is 34.0 Å². The average molecular weight is 318 g/mol. The number of urea groups is 1. The highest BCUT2D eigenvalue weighted by molar-refractivity contribution is 5.92. The van der Waals surface area contributed by atoms with Crippen LogP contribution in [0.15, 0.2) is 60.9 Å². The third kappa shape index (κ3) is 2.93. The minimum absolute atomic E-state index is 0.0586. The lowest BCUT2D eigenvalue weighted by Gasteiger charge is -2.17. The second kappa shape index (κ2) is 6.28. The van der Waals surface area contributed by atoms with Gasteiger partial charge < -0.3 is 10.2 Å². The number of anilines is 1. The zero-order chi connectivity index (χ0) is 16.4. The fourth-order valence-corrected chi connectivity index (χ4v) is 3.19. The molecule has 1 fully saturated rings. The number of carbonyl (C=O) groups is 1. The van der Waals surface area contributed by atoms with Crippen molar-refractivity contribution < 1.29 is 4.79 Å². The lowest BCUT2D eigenvalue weighted by Crippen LogP contribution is -2.32. The molecule has 0 aliphatic carbocycles. The van der Waals surface area contributed by atoms with Gasteiger partial charge in [0.25, 0.3) is 0 Å². The predicted molar refractivity (Wildman–Crippen MR) is 93.9 cm³/mol. The molecule has 0 unspecified atom stereocenters. The van der Waals surface area contributed by atoms with E-state index < -0.39 is 0 Å². The number of amides is 2. The number of hydrogen-bond donors (Lipinski definition) is 1. The van der Waals surface area contributed by atoms with E-state index in [1.54, 1.807) is 12.4 Å². The van der Waals surface area contributed by atoms with Crippen LogP contribution in [0.4, 0.5) is 10.5 Å². The Morgan fingerprint density at radius 1 is 1.04 bits per heavy atom. The monoisotopic (exact) mass is 318 g/mol. The van der Waals surface area contributed by atoms with E-state index in [1.807, 2.05) is 41.3 Å². The van der Waals surface area contributed by atoms with Crippen molar-refractivity contribution >= 4 is 22.8 Å². The summed E-state index contributed by atoms with van der Waals surface area (Å²) in [6.45, 7) is 1.53. The van der Waals surface area contributed by atoms with E-state index in [9.17, 15) is 4.79 Å². The summed E-state index contributed by atoms with van der Waals surface area (Å²) in [5, 5.41) is 2.97. The number of carbonyl (C=O) groups excluding carboxylic acids is 1. The van der Waals surface area contributed by atoms with Crippen molar-refractivity contribution in [1.82, 2.24) is 14.9 Å². The van der Waals surface area contributed by atoms with Gasteiger partial charge in [-0.15, -0.1) is 0 Å². The van der Waals surface area contributed by atoms with E-state index in [0.29, 0.717) is 5.92 Å². The molecule has 5 heteroatoms. The van der Waals surface area contributed by atoms with Crippen LogP contribution in [0.3, 0.4) is 0 Å². The molecule has 1 aliphatic rings. The first-order chi connectivity index (χ1) is 11.8. The molecule has 1 atom stereocenters. The average Bonchev–Trinajstić information content (AvgIpc) is 3.13. The molecule has 0 radical (unpaired) electrons. The zero-order valence-corrected chi connectivity index (χ0v) is 13.2. The van der Waals surface area contributed by atoms with Crippen LogP contribution in [0.2, 0.25) is 0 Å². The summed E-state index contributed by atoms with van der Waals surface area (Å²) in [4.78, 5) is 22.9. The van der Waals surface area contributed by atoms with Gasteiger partial charge in [-0.25, -0.2) is 4.79 Å². The summed E-state index contributed by atoms with van der Waals surface area (Å²) < 4.78 is 0. The Morgan fingerprint density at radius 2 is 1.83 bits per heavy atom. The van der Waals surface area contributed by atoms with Gasteiger partial charge in [0.2, 0.25) is 0 Å².